The quantitative estimate of drug-likeness (QED) is 0.722. The molecule has 0 unspecified atom stereocenters. The molecule has 0 saturated carbocycles. The number of thiazole rings is 1. The third-order valence-corrected chi connectivity index (χ3v) is 3.65. The lowest BCUT2D eigenvalue weighted by Crippen LogP contribution is -2.37. The first-order valence-corrected chi connectivity index (χ1v) is 5.70. The molecule has 0 radical (unpaired) electrons. The Morgan fingerprint density at radius 3 is 3.00 bits per heavy atom. The molecule has 13 heavy (non-hydrogen) atoms. The van der Waals surface area contributed by atoms with Crippen LogP contribution in [0.5, 0.6) is 0 Å². The molecule has 1 aromatic heterocycles. The molecule has 72 valence electrons. The number of likely N-dealkylation sites (tertiary alicyclic amines) is 1. The van der Waals surface area contributed by atoms with E-state index >= 15 is 0 Å². The first-order chi connectivity index (χ1) is 6.18. The number of nitrogens with zero attached hydrogens (tertiary/aromatic N) is 2. The average Bonchev–Trinajstić information content (AvgIpc) is 2.63. The van der Waals surface area contributed by atoms with E-state index in [9.17, 15) is 0 Å². The number of hydrogen-bond acceptors (Lipinski definition) is 3. The van der Waals surface area contributed by atoms with Gasteiger partial charge in [-0.2, -0.15) is 0 Å². The maximum Gasteiger partial charge on any atom is 0.107 e. The minimum atomic E-state index is 0.381. The molecule has 1 saturated heterocycles. The van der Waals surface area contributed by atoms with Crippen LogP contribution in [0.1, 0.15) is 31.7 Å². The van der Waals surface area contributed by atoms with Crippen molar-refractivity contribution in [1.29, 1.82) is 0 Å². The van der Waals surface area contributed by atoms with E-state index in [1.807, 2.05) is 6.20 Å². The first kappa shape index (κ1) is 9.16. The summed E-state index contributed by atoms with van der Waals surface area (Å²) in [6.45, 7) is 6.92. The maximum atomic E-state index is 4.32. The lowest BCUT2D eigenvalue weighted by Gasteiger charge is -2.30. The van der Waals surface area contributed by atoms with Crippen molar-refractivity contribution in [3.63, 3.8) is 0 Å². The highest BCUT2D eigenvalue weighted by Gasteiger charge is 2.31. The van der Waals surface area contributed by atoms with E-state index in [-0.39, 0.29) is 0 Å². The van der Waals surface area contributed by atoms with Gasteiger partial charge in [0.25, 0.3) is 0 Å². The van der Waals surface area contributed by atoms with E-state index in [0.717, 1.165) is 6.54 Å². The highest BCUT2D eigenvalue weighted by Crippen LogP contribution is 2.29. The summed E-state index contributed by atoms with van der Waals surface area (Å²) in [4.78, 5) is 6.86. The second-order valence-corrected chi connectivity index (χ2v) is 5.24. The van der Waals surface area contributed by atoms with Gasteiger partial charge in [0.05, 0.1) is 6.54 Å². The monoisotopic (exact) mass is 196 g/mol. The lowest BCUT2D eigenvalue weighted by atomic mass is 10.0. The molecule has 1 aliphatic heterocycles. The van der Waals surface area contributed by atoms with Crippen LogP contribution >= 0.6 is 11.3 Å². The summed E-state index contributed by atoms with van der Waals surface area (Å²) < 4.78 is 0. The number of aromatic nitrogens is 1. The molecule has 0 bridgehead atoms. The van der Waals surface area contributed by atoms with E-state index in [1.54, 1.807) is 11.3 Å². The zero-order chi connectivity index (χ0) is 9.31. The van der Waals surface area contributed by atoms with Crippen molar-refractivity contribution >= 4 is 11.3 Å². The van der Waals surface area contributed by atoms with Gasteiger partial charge in [-0.05, 0) is 33.2 Å². The lowest BCUT2D eigenvalue weighted by molar-refractivity contribution is 0.166. The topological polar surface area (TPSA) is 16.1 Å². The van der Waals surface area contributed by atoms with Gasteiger partial charge in [-0.15, -0.1) is 11.3 Å². The van der Waals surface area contributed by atoms with Gasteiger partial charge in [0.1, 0.15) is 5.01 Å². The molecule has 3 heteroatoms. The van der Waals surface area contributed by atoms with Crippen LogP contribution in [0.25, 0.3) is 0 Å². The van der Waals surface area contributed by atoms with Crippen molar-refractivity contribution in [2.45, 2.75) is 38.8 Å². The van der Waals surface area contributed by atoms with Crippen molar-refractivity contribution in [2.75, 3.05) is 6.54 Å². The average molecular weight is 196 g/mol. The molecule has 2 rings (SSSR count). The van der Waals surface area contributed by atoms with Crippen LogP contribution < -0.4 is 0 Å². The van der Waals surface area contributed by atoms with Crippen LogP contribution in [-0.4, -0.2) is 22.0 Å². The molecule has 2 heterocycles. The van der Waals surface area contributed by atoms with Crippen LogP contribution in [-0.2, 0) is 6.54 Å². The molecule has 2 nitrogen and oxygen atoms in total. The Morgan fingerprint density at radius 2 is 2.46 bits per heavy atom. The molecule has 0 spiro atoms. The fraction of sp³-hybridized carbons (Fsp3) is 0.700. The summed E-state index contributed by atoms with van der Waals surface area (Å²) in [7, 11) is 0. The van der Waals surface area contributed by atoms with Crippen molar-refractivity contribution in [2.24, 2.45) is 0 Å². The molecule has 1 fully saturated rings. The van der Waals surface area contributed by atoms with Crippen LogP contribution in [0, 0.1) is 0 Å². The van der Waals surface area contributed by atoms with Gasteiger partial charge in [0, 0.05) is 17.1 Å². The molecule has 1 aliphatic rings. The van der Waals surface area contributed by atoms with E-state index in [0.29, 0.717) is 5.54 Å². The number of hydrogen-bond donors (Lipinski definition) is 0. The van der Waals surface area contributed by atoms with E-state index < -0.39 is 0 Å². The van der Waals surface area contributed by atoms with E-state index in [1.165, 1.54) is 24.4 Å². The van der Waals surface area contributed by atoms with Crippen LogP contribution in [0.15, 0.2) is 11.6 Å². The summed E-state index contributed by atoms with van der Waals surface area (Å²) in [5, 5.41) is 3.30. The molecule has 0 aliphatic carbocycles. The Labute approximate surface area is 83.6 Å². The third-order valence-electron chi connectivity index (χ3n) is 2.88. The summed E-state index contributed by atoms with van der Waals surface area (Å²) in [6, 6.07) is 0. The highest BCUT2D eigenvalue weighted by atomic mass is 32.1. The fourth-order valence-electron chi connectivity index (χ4n) is 1.95. The zero-order valence-corrected chi connectivity index (χ0v) is 9.10. The predicted molar refractivity (Wildman–Crippen MR) is 55.8 cm³/mol. The van der Waals surface area contributed by atoms with Gasteiger partial charge in [0.15, 0.2) is 0 Å². The van der Waals surface area contributed by atoms with Gasteiger partial charge < -0.3 is 0 Å². The van der Waals surface area contributed by atoms with Gasteiger partial charge >= 0.3 is 0 Å². The van der Waals surface area contributed by atoms with Gasteiger partial charge in [0.2, 0.25) is 0 Å². The smallest absolute Gasteiger partial charge is 0.107 e. The third kappa shape index (κ3) is 1.92. The summed E-state index contributed by atoms with van der Waals surface area (Å²) >= 11 is 1.76. The Bertz CT molecular complexity index is 266. The van der Waals surface area contributed by atoms with Gasteiger partial charge in [-0.3, -0.25) is 4.90 Å². The number of rotatable bonds is 2. The van der Waals surface area contributed by atoms with Crippen molar-refractivity contribution in [3.8, 4) is 0 Å². The fourth-order valence-corrected chi connectivity index (χ4v) is 2.58. The predicted octanol–water partition coefficient (Wildman–Crippen LogP) is 2.52. The van der Waals surface area contributed by atoms with E-state index in [4.69, 9.17) is 0 Å². The first-order valence-electron chi connectivity index (χ1n) is 4.82. The summed E-state index contributed by atoms with van der Waals surface area (Å²) in [5.41, 5.74) is 0.381. The van der Waals surface area contributed by atoms with Gasteiger partial charge in [-0.1, -0.05) is 0 Å². The standard InChI is InChI=1S/C10H16N2S/c1-10(2)4-3-6-12(10)8-9-11-5-7-13-9/h5,7H,3-4,6,8H2,1-2H3. The Kier molecular flexibility index (Phi) is 2.39. The van der Waals surface area contributed by atoms with E-state index in [2.05, 4.69) is 29.1 Å². The molecule has 1 aromatic rings. The molecule has 0 amide bonds. The van der Waals surface area contributed by atoms with Crippen molar-refractivity contribution in [3.05, 3.63) is 16.6 Å². The molecular weight excluding hydrogens is 180 g/mol. The van der Waals surface area contributed by atoms with Crippen molar-refractivity contribution < 1.29 is 0 Å². The second kappa shape index (κ2) is 3.39. The molecular formula is C10H16N2S. The maximum absolute atomic E-state index is 4.32. The Hall–Kier alpha value is -0.410. The summed E-state index contributed by atoms with van der Waals surface area (Å²) in [6.07, 6.45) is 4.54. The minimum Gasteiger partial charge on any atom is -0.292 e. The summed E-state index contributed by atoms with van der Waals surface area (Å²) in [5.74, 6) is 0. The molecule has 0 aromatic carbocycles. The highest BCUT2D eigenvalue weighted by molar-refractivity contribution is 7.09. The van der Waals surface area contributed by atoms with Gasteiger partial charge in [-0.25, -0.2) is 4.98 Å². The Balaban J connectivity index is 2.02. The largest absolute Gasteiger partial charge is 0.292 e. The normalized spacial score (nSPS) is 22.3. The van der Waals surface area contributed by atoms with Crippen molar-refractivity contribution in [1.82, 2.24) is 9.88 Å². The molecule has 0 atom stereocenters. The minimum absolute atomic E-state index is 0.381. The van der Waals surface area contributed by atoms with Crippen LogP contribution in [0.4, 0.5) is 0 Å². The zero-order valence-electron chi connectivity index (χ0n) is 8.29. The van der Waals surface area contributed by atoms with Crippen LogP contribution in [0.3, 0.4) is 0 Å². The Morgan fingerprint density at radius 1 is 1.62 bits per heavy atom. The van der Waals surface area contributed by atoms with Crippen LogP contribution in [0.2, 0.25) is 0 Å². The SMILES string of the molecule is CC1(C)CCCN1Cc1nccs1. The molecule has 0 N–H and O–H groups in total. The second-order valence-electron chi connectivity index (χ2n) is 4.26.